The molecule has 0 aromatic heterocycles. The van der Waals surface area contributed by atoms with Crippen LogP contribution < -0.4 is 4.72 Å². The third-order valence-electron chi connectivity index (χ3n) is 2.83. The first-order valence-electron chi connectivity index (χ1n) is 6.18. The zero-order chi connectivity index (χ0) is 13.6. The van der Waals surface area contributed by atoms with Gasteiger partial charge in [0.2, 0.25) is 0 Å². The van der Waals surface area contributed by atoms with Crippen molar-refractivity contribution in [2.45, 2.75) is 50.5 Å². The molecule has 18 heavy (non-hydrogen) atoms. The van der Waals surface area contributed by atoms with Gasteiger partial charge in [0.1, 0.15) is 16.5 Å². The molecule has 0 aliphatic heterocycles. The van der Waals surface area contributed by atoms with E-state index in [1.807, 2.05) is 31.2 Å². The lowest BCUT2D eigenvalue weighted by molar-refractivity contribution is 0.477. The minimum absolute atomic E-state index is 0.706. The second-order valence-electron chi connectivity index (χ2n) is 4.73. The van der Waals surface area contributed by atoms with Gasteiger partial charge in [-0.25, -0.2) is 8.93 Å². The summed E-state index contributed by atoms with van der Waals surface area (Å²) in [6, 6.07) is 9.72. The van der Waals surface area contributed by atoms with E-state index in [1.165, 1.54) is 0 Å². The van der Waals surface area contributed by atoms with E-state index < -0.39 is 16.5 Å². The molecular formula is C14H20N2OS. The summed E-state index contributed by atoms with van der Waals surface area (Å²) in [6.07, 6.45) is 2.68. The lowest BCUT2D eigenvalue weighted by atomic mass is 9.98. The van der Waals surface area contributed by atoms with Crippen LogP contribution in [0.3, 0.4) is 0 Å². The molecule has 1 aromatic carbocycles. The van der Waals surface area contributed by atoms with Gasteiger partial charge in [-0.3, -0.25) is 0 Å². The number of nitrogens with one attached hydrogen (secondary N) is 1. The van der Waals surface area contributed by atoms with E-state index in [1.54, 1.807) is 6.92 Å². The number of benzene rings is 1. The zero-order valence-electron chi connectivity index (χ0n) is 11.2. The Kier molecular flexibility index (Phi) is 5.52. The summed E-state index contributed by atoms with van der Waals surface area (Å²) in [5.41, 5.74) is 0.399. The van der Waals surface area contributed by atoms with E-state index in [0.29, 0.717) is 11.3 Å². The summed E-state index contributed by atoms with van der Waals surface area (Å²) < 4.78 is 15.1. The Labute approximate surface area is 112 Å². The van der Waals surface area contributed by atoms with Crippen molar-refractivity contribution >= 4 is 11.0 Å². The first-order chi connectivity index (χ1) is 8.50. The van der Waals surface area contributed by atoms with E-state index in [9.17, 15) is 9.47 Å². The second kappa shape index (κ2) is 6.67. The van der Waals surface area contributed by atoms with Gasteiger partial charge >= 0.3 is 0 Å². The quantitative estimate of drug-likeness (QED) is 0.858. The van der Waals surface area contributed by atoms with Crippen molar-refractivity contribution in [3.8, 4) is 6.07 Å². The van der Waals surface area contributed by atoms with E-state index in [-0.39, 0.29) is 0 Å². The molecule has 1 rings (SSSR count). The highest BCUT2D eigenvalue weighted by Crippen LogP contribution is 2.16. The van der Waals surface area contributed by atoms with Crippen molar-refractivity contribution in [2.75, 3.05) is 0 Å². The predicted molar refractivity (Wildman–Crippen MR) is 74.3 cm³/mol. The number of hydrogen-bond acceptors (Lipinski definition) is 2. The molecule has 0 heterocycles. The second-order valence-corrected chi connectivity index (χ2v) is 5.94. The Bertz CT molecular complexity index is 450. The molecule has 98 valence electrons. The largest absolute Gasteiger partial charge is 0.237 e. The van der Waals surface area contributed by atoms with Gasteiger partial charge in [-0.2, -0.15) is 5.26 Å². The highest BCUT2D eigenvalue weighted by Gasteiger charge is 2.25. The van der Waals surface area contributed by atoms with Gasteiger partial charge in [0.25, 0.3) is 0 Å². The smallest absolute Gasteiger partial charge is 0.126 e. The summed E-state index contributed by atoms with van der Waals surface area (Å²) in [4.78, 5) is 0.707. The lowest BCUT2D eigenvalue weighted by Crippen LogP contribution is -2.41. The van der Waals surface area contributed by atoms with Crippen LogP contribution >= 0.6 is 0 Å². The standard InChI is InChI=1S/C14H20N2OS/c1-4-5-10-14(3,11-15)16-18(17)13-8-6-12(2)7-9-13/h6-9,16H,4-5,10H2,1-3H3/t14-,18+/m1/s1. The number of unbranched alkanes of at least 4 members (excludes halogenated alkanes) is 1. The molecule has 4 heteroatoms. The number of nitrogens with zero attached hydrogens (tertiary/aromatic N) is 1. The highest BCUT2D eigenvalue weighted by molar-refractivity contribution is 7.83. The van der Waals surface area contributed by atoms with Crippen LogP contribution in [0.1, 0.15) is 38.7 Å². The number of nitriles is 1. The molecule has 0 unspecified atom stereocenters. The first-order valence-corrected chi connectivity index (χ1v) is 7.33. The maximum Gasteiger partial charge on any atom is 0.126 e. The van der Waals surface area contributed by atoms with Crippen molar-refractivity contribution in [2.24, 2.45) is 0 Å². The molecule has 0 aliphatic carbocycles. The third kappa shape index (κ3) is 4.25. The maximum absolute atomic E-state index is 12.1. The summed E-state index contributed by atoms with van der Waals surface area (Å²) in [6.45, 7) is 5.87. The monoisotopic (exact) mass is 264 g/mol. The van der Waals surface area contributed by atoms with Gasteiger partial charge in [-0.1, -0.05) is 37.5 Å². The number of rotatable bonds is 6. The third-order valence-corrected chi connectivity index (χ3v) is 4.17. The van der Waals surface area contributed by atoms with Crippen LogP contribution in [0.4, 0.5) is 0 Å². The summed E-state index contributed by atoms with van der Waals surface area (Å²) in [7, 11) is -1.34. The molecule has 0 aliphatic rings. The molecule has 0 amide bonds. The topological polar surface area (TPSA) is 52.9 Å². The fraction of sp³-hybridized carbons (Fsp3) is 0.500. The van der Waals surface area contributed by atoms with Crippen LogP contribution in [0.25, 0.3) is 0 Å². The summed E-state index contributed by atoms with van der Waals surface area (Å²) >= 11 is 0. The van der Waals surface area contributed by atoms with Crippen LogP contribution in [-0.2, 0) is 11.0 Å². The fourth-order valence-electron chi connectivity index (χ4n) is 1.59. The van der Waals surface area contributed by atoms with Gasteiger partial charge in [0.05, 0.1) is 11.0 Å². The minimum atomic E-state index is -1.34. The molecule has 1 N–H and O–H groups in total. The Morgan fingerprint density at radius 1 is 1.39 bits per heavy atom. The molecule has 3 nitrogen and oxygen atoms in total. The molecule has 1 aromatic rings. The molecule has 2 atom stereocenters. The van der Waals surface area contributed by atoms with Gasteiger partial charge in [0, 0.05) is 0 Å². The summed E-state index contributed by atoms with van der Waals surface area (Å²) in [5, 5.41) is 9.20. The van der Waals surface area contributed by atoms with Crippen LogP contribution in [0.2, 0.25) is 0 Å². The van der Waals surface area contributed by atoms with Crippen LogP contribution in [0.5, 0.6) is 0 Å². The van der Waals surface area contributed by atoms with E-state index in [2.05, 4.69) is 17.7 Å². The Morgan fingerprint density at radius 2 is 2.00 bits per heavy atom. The SMILES string of the molecule is CCCC[C@](C)(C#N)N[S@@](=O)c1ccc(C)cc1. The van der Waals surface area contributed by atoms with Crippen LogP contribution in [-0.4, -0.2) is 9.75 Å². The van der Waals surface area contributed by atoms with Crippen LogP contribution in [0, 0.1) is 18.3 Å². The minimum Gasteiger partial charge on any atom is -0.237 e. The summed E-state index contributed by atoms with van der Waals surface area (Å²) in [5.74, 6) is 0. The Balaban J connectivity index is 2.73. The molecule has 0 spiro atoms. The highest BCUT2D eigenvalue weighted by atomic mass is 32.2. The van der Waals surface area contributed by atoms with Crippen molar-refractivity contribution in [1.29, 1.82) is 5.26 Å². The molecule has 0 fully saturated rings. The van der Waals surface area contributed by atoms with Gasteiger partial charge in [-0.05, 0) is 32.4 Å². The molecule has 0 radical (unpaired) electrons. The van der Waals surface area contributed by atoms with Crippen molar-refractivity contribution in [3.63, 3.8) is 0 Å². The van der Waals surface area contributed by atoms with Gasteiger partial charge in [-0.15, -0.1) is 0 Å². The molecular weight excluding hydrogens is 244 g/mol. The van der Waals surface area contributed by atoms with Gasteiger partial charge in [0.15, 0.2) is 0 Å². The average molecular weight is 264 g/mol. The normalized spacial score (nSPS) is 15.7. The predicted octanol–water partition coefficient (Wildman–Crippen LogP) is 3.08. The molecule has 0 bridgehead atoms. The lowest BCUT2D eigenvalue weighted by Gasteiger charge is -2.22. The number of hydrogen-bond donors (Lipinski definition) is 1. The number of aryl methyl sites for hydroxylation is 1. The van der Waals surface area contributed by atoms with Gasteiger partial charge < -0.3 is 0 Å². The Hall–Kier alpha value is -1.18. The fourth-order valence-corrected chi connectivity index (χ4v) is 2.64. The van der Waals surface area contributed by atoms with Crippen LogP contribution in [0.15, 0.2) is 29.2 Å². The van der Waals surface area contributed by atoms with E-state index in [4.69, 9.17) is 0 Å². The van der Waals surface area contributed by atoms with E-state index in [0.717, 1.165) is 18.4 Å². The first kappa shape index (κ1) is 14.9. The Morgan fingerprint density at radius 3 is 2.50 bits per heavy atom. The zero-order valence-corrected chi connectivity index (χ0v) is 12.0. The molecule has 0 saturated carbocycles. The van der Waals surface area contributed by atoms with E-state index >= 15 is 0 Å². The van der Waals surface area contributed by atoms with Crippen molar-refractivity contribution in [1.82, 2.24) is 4.72 Å². The average Bonchev–Trinajstić information content (AvgIpc) is 2.37. The molecule has 0 saturated heterocycles. The van der Waals surface area contributed by atoms with Crippen molar-refractivity contribution < 1.29 is 4.21 Å². The van der Waals surface area contributed by atoms with Crippen molar-refractivity contribution in [3.05, 3.63) is 29.8 Å². The maximum atomic E-state index is 12.1.